The van der Waals surface area contributed by atoms with Gasteiger partial charge in [0.05, 0.1) is 19.3 Å². The topological polar surface area (TPSA) is 59.6 Å². The van der Waals surface area contributed by atoms with E-state index in [1.54, 1.807) is 0 Å². The highest BCUT2D eigenvalue weighted by Gasteiger charge is 2.04. The number of ether oxygens (including phenoxy) is 2. The molecular formula is C24H34N2O3. The second-order valence-electron chi connectivity index (χ2n) is 7.38. The summed E-state index contributed by atoms with van der Waals surface area (Å²) in [4.78, 5) is 12.2. The first kappa shape index (κ1) is 22.6. The zero-order valence-corrected chi connectivity index (χ0v) is 17.9. The minimum atomic E-state index is -0.0999. The Bertz CT molecular complexity index is 712. The van der Waals surface area contributed by atoms with Crippen molar-refractivity contribution in [3.8, 4) is 11.5 Å². The van der Waals surface area contributed by atoms with E-state index in [9.17, 15) is 4.79 Å². The van der Waals surface area contributed by atoms with Gasteiger partial charge in [-0.15, -0.1) is 0 Å². The van der Waals surface area contributed by atoms with Crippen LogP contribution in [0.1, 0.15) is 52.9 Å². The van der Waals surface area contributed by atoms with Gasteiger partial charge in [0.1, 0.15) is 11.5 Å². The van der Waals surface area contributed by atoms with Crippen LogP contribution >= 0.6 is 0 Å². The summed E-state index contributed by atoms with van der Waals surface area (Å²) in [6.07, 6.45) is 6.25. The Kier molecular flexibility index (Phi) is 9.90. The number of carbonyl (C=O) groups excluding carboxylic acids is 1. The summed E-state index contributed by atoms with van der Waals surface area (Å²) in [5.74, 6) is 1.55. The molecule has 2 aromatic carbocycles. The van der Waals surface area contributed by atoms with Gasteiger partial charge < -0.3 is 20.1 Å². The molecule has 0 spiro atoms. The summed E-state index contributed by atoms with van der Waals surface area (Å²) in [7, 11) is 0. The molecule has 0 aliphatic carbocycles. The number of benzene rings is 2. The first-order valence-corrected chi connectivity index (χ1v) is 10.6. The third kappa shape index (κ3) is 9.37. The molecule has 0 bridgehead atoms. The molecule has 2 N–H and O–H groups in total. The van der Waals surface area contributed by atoms with Crippen LogP contribution in [-0.4, -0.2) is 25.2 Å². The van der Waals surface area contributed by atoms with Gasteiger partial charge in [-0.3, -0.25) is 4.79 Å². The second kappa shape index (κ2) is 12.7. The molecule has 0 aliphatic rings. The number of rotatable bonds is 13. The molecule has 0 saturated carbocycles. The number of nitrogens with one attached hydrogen (secondary N) is 2. The molecule has 0 heterocycles. The maximum atomic E-state index is 12.2. The van der Waals surface area contributed by atoms with Crippen LogP contribution in [0.25, 0.3) is 0 Å². The first-order chi connectivity index (χ1) is 14.1. The van der Waals surface area contributed by atoms with Gasteiger partial charge in [-0.2, -0.15) is 0 Å². The number of amides is 1. The van der Waals surface area contributed by atoms with Crippen molar-refractivity contribution in [1.82, 2.24) is 0 Å². The molecule has 5 nitrogen and oxygen atoms in total. The van der Waals surface area contributed by atoms with E-state index >= 15 is 0 Å². The van der Waals surface area contributed by atoms with Crippen molar-refractivity contribution >= 4 is 17.3 Å². The molecule has 1 amide bonds. The van der Waals surface area contributed by atoms with Crippen molar-refractivity contribution in [2.45, 2.75) is 59.0 Å². The smallest absolute Gasteiger partial charge is 0.243 e. The first-order valence-electron chi connectivity index (χ1n) is 10.6. The van der Waals surface area contributed by atoms with Crippen LogP contribution in [0.4, 0.5) is 11.4 Å². The number of hydrogen-bond acceptors (Lipinski definition) is 4. The molecule has 2 aromatic rings. The number of unbranched alkanes of at least 4 members (excludes halogenated alkanes) is 4. The van der Waals surface area contributed by atoms with Crippen LogP contribution in [0.15, 0.2) is 48.5 Å². The highest BCUT2D eigenvalue weighted by molar-refractivity contribution is 5.93. The lowest BCUT2D eigenvalue weighted by Gasteiger charge is -2.11. The van der Waals surface area contributed by atoms with E-state index in [1.807, 2.05) is 62.4 Å². The van der Waals surface area contributed by atoms with Gasteiger partial charge >= 0.3 is 0 Å². The summed E-state index contributed by atoms with van der Waals surface area (Å²) < 4.78 is 11.4. The second-order valence-corrected chi connectivity index (χ2v) is 7.38. The van der Waals surface area contributed by atoms with Crippen molar-refractivity contribution in [2.24, 2.45) is 0 Å². The molecule has 0 atom stereocenters. The van der Waals surface area contributed by atoms with Crippen molar-refractivity contribution in [2.75, 3.05) is 23.8 Å². The Morgan fingerprint density at radius 1 is 0.862 bits per heavy atom. The van der Waals surface area contributed by atoms with Gasteiger partial charge in [0, 0.05) is 11.4 Å². The molecular weight excluding hydrogens is 364 g/mol. The Morgan fingerprint density at radius 3 is 2.14 bits per heavy atom. The van der Waals surface area contributed by atoms with Crippen molar-refractivity contribution in [1.29, 1.82) is 0 Å². The molecule has 5 heteroatoms. The van der Waals surface area contributed by atoms with Crippen LogP contribution < -0.4 is 20.1 Å². The largest absolute Gasteiger partial charge is 0.494 e. The van der Waals surface area contributed by atoms with Crippen LogP contribution in [-0.2, 0) is 4.79 Å². The molecule has 0 radical (unpaired) electrons. The van der Waals surface area contributed by atoms with E-state index in [4.69, 9.17) is 9.47 Å². The van der Waals surface area contributed by atoms with Gasteiger partial charge in [-0.25, -0.2) is 0 Å². The minimum absolute atomic E-state index is 0.0999. The summed E-state index contributed by atoms with van der Waals surface area (Å²) in [5, 5.41) is 6.00. The summed E-state index contributed by atoms with van der Waals surface area (Å²) in [6.45, 7) is 7.13. The lowest BCUT2D eigenvalue weighted by atomic mass is 10.2. The van der Waals surface area contributed by atoms with E-state index in [1.165, 1.54) is 25.7 Å². The lowest BCUT2D eigenvalue weighted by molar-refractivity contribution is -0.114. The van der Waals surface area contributed by atoms with Gasteiger partial charge in [0.25, 0.3) is 0 Å². The molecule has 0 fully saturated rings. The monoisotopic (exact) mass is 398 g/mol. The molecule has 2 rings (SSSR count). The maximum absolute atomic E-state index is 12.2. The van der Waals surface area contributed by atoms with Crippen LogP contribution in [0.5, 0.6) is 11.5 Å². The molecule has 0 saturated heterocycles. The highest BCUT2D eigenvalue weighted by atomic mass is 16.5. The number of hydrogen-bond donors (Lipinski definition) is 2. The predicted octanol–water partition coefficient (Wildman–Crippen LogP) is 5.87. The zero-order valence-electron chi connectivity index (χ0n) is 17.9. The van der Waals surface area contributed by atoms with Gasteiger partial charge in [0.15, 0.2) is 0 Å². The van der Waals surface area contributed by atoms with Crippen molar-refractivity contribution < 1.29 is 14.3 Å². The fourth-order valence-electron chi connectivity index (χ4n) is 2.84. The van der Waals surface area contributed by atoms with Crippen LogP contribution in [0, 0.1) is 0 Å². The van der Waals surface area contributed by atoms with Crippen LogP contribution in [0.3, 0.4) is 0 Å². The minimum Gasteiger partial charge on any atom is -0.494 e. The fourth-order valence-corrected chi connectivity index (χ4v) is 2.84. The van der Waals surface area contributed by atoms with E-state index in [0.29, 0.717) is 0 Å². The van der Waals surface area contributed by atoms with Gasteiger partial charge in [-0.1, -0.05) is 32.6 Å². The predicted molar refractivity (Wildman–Crippen MR) is 120 cm³/mol. The highest BCUT2D eigenvalue weighted by Crippen LogP contribution is 2.18. The Labute approximate surface area is 174 Å². The molecule has 0 unspecified atom stereocenters. The number of carbonyl (C=O) groups is 1. The average Bonchev–Trinajstić information content (AvgIpc) is 2.71. The molecule has 0 aromatic heterocycles. The van der Waals surface area contributed by atoms with Crippen LogP contribution in [0.2, 0.25) is 0 Å². The Balaban J connectivity index is 1.68. The third-order valence-electron chi connectivity index (χ3n) is 4.33. The lowest BCUT2D eigenvalue weighted by Crippen LogP contribution is -2.21. The molecule has 29 heavy (non-hydrogen) atoms. The maximum Gasteiger partial charge on any atom is 0.243 e. The summed E-state index contributed by atoms with van der Waals surface area (Å²) in [6, 6.07) is 15.1. The normalized spacial score (nSPS) is 10.6. The van der Waals surface area contributed by atoms with E-state index in [-0.39, 0.29) is 18.6 Å². The average molecular weight is 399 g/mol. The van der Waals surface area contributed by atoms with Crippen molar-refractivity contribution in [3.63, 3.8) is 0 Å². The number of anilines is 2. The Morgan fingerprint density at radius 2 is 1.48 bits per heavy atom. The molecule has 0 aliphatic heterocycles. The third-order valence-corrected chi connectivity index (χ3v) is 4.33. The van der Waals surface area contributed by atoms with Crippen molar-refractivity contribution in [3.05, 3.63) is 48.5 Å². The van der Waals surface area contributed by atoms with Gasteiger partial charge in [-0.05, 0) is 68.8 Å². The zero-order chi connectivity index (χ0) is 20.9. The van der Waals surface area contributed by atoms with Gasteiger partial charge in [0.2, 0.25) is 5.91 Å². The quantitative estimate of drug-likeness (QED) is 0.414. The Hall–Kier alpha value is -2.69. The van der Waals surface area contributed by atoms with E-state index in [2.05, 4.69) is 17.6 Å². The van der Waals surface area contributed by atoms with E-state index < -0.39 is 0 Å². The fraction of sp³-hybridized carbons (Fsp3) is 0.458. The summed E-state index contributed by atoms with van der Waals surface area (Å²) in [5.41, 5.74) is 1.63. The summed E-state index contributed by atoms with van der Waals surface area (Å²) >= 11 is 0. The molecule has 158 valence electrons. The SMILES string of the molecule is CCCCCCCOc1ccc(NC(=O)CNc2ccc(OC(C)C)cc2)cc1. The van der Waals surface area contributed by atoms with E-state index in [0.717, 1.165) is 35.9 Å². The standard InChI is InChI=1S/C24H34N2O3/c1-4-5-6-7-8-17-28-22-13-11-21(12-14-22)26-24(27)18-25-20-9-15-23(16-10-20)29-19(2)3/h9-16,19,25H,4-8,17-18H2,1-3H3,(H,26,27).